The Balaban J connectivity index is 2.74. The smallest absolute Gasteiger partial charge is 0.0461 e. The first-order valence-corrected chi connectivity index (χ1v) is 4.93. The minimum Gasteiger partial charge on any atom is -0.385 e. The van der Waals surface area contributed by atoms with E-state index in [1.807, 2.05) is 6.08 Å². The van der Waals surface area contributed by atoms with Crippen molar-refractivity contribution < 1.29 is 4.74 Å². The number of unbranched alkanes of at least 4 members (excludes halogenated alkanes) is 1. The molecule has 66 valence electrons. The van der Waals surface area contributed by atoms with Crippen molar-refractivity contribution in [2.24, 2.45) is 0 Å². The first-order chi connectivity index (χ1) is 5.41. The van der Waals surface area contributed by atoms with Crippen LogP contribution >= 0.6 is 0 Å². The number of methoxy groups -OCH3 is 1. The van der Waals surface area contributed by atoms with E-state index in [0.717, 1.165) is 6.61 Å². The predicted octanol–water partition coefficient (Wildman–Crippen LogP) is 1.99. The quantitative estimate of drug-likeness (QED) is 0.296. The Morgan fingerprint density at radius 1 is 1.36 bits per heavy atom. The van der Waals surface area contributed by atoms with Crippen molar-refractivity contribution in [2.75, 3.05) is 13.7 Å². The molecule has 0 bridgehead atoms. The molecule has 0 fully saturated rings. The van der Waals surface area contributed by atoms with Crippen molar-refractivity contribution >= 4 is 7.28 Å². The SMILES string of the molecule is C=CCC[BH2-]CCCCOC. The van der Waals surface area contributed by atoms with Gasteiger partial charge in [-0.05, 0) is 13.7 Å². The molecule has 0 aromatic rings. The van der Waals surface area contributed by atoms with Crippen LogP contribution < -0.4 is 0 Å². The van der Waals surface area contributed by atoms with Gasteiger partial charge in [-0.25, -0.2) is 0 Å². The van der Waals surface area contributed by atoms with Crippen LogP contribution in [0.3, 0.4) is 0 Å². The van der Waals surface area contributed by atoms with E-state index >= 15 is 0 Å². The number of hydrogen-bond donors (Lipinski definition) is 0. The Hall–Kier alpha value is -0.235. The van der Waals surface area contributed by atoms with Gasteiger partial charge < -0.3 is 4.74 Å². The summed E-state index contributed by atoms with van der Waals surface area (Å²) < 4.78 is 4.97. The summed E-state index contributed by atoms with van der Waals surface area (Å²) in [5.74, 6) is 0. The molecule has 0 unspecified atom stereocenters. The van der Waals surface area contributed by atoms with Crippen LogP contribution in [0.5, 0.6) is 0 Å². The minimum atomic E-state index is 0.355. The van der Waals surface area contributed by atoms with Gasteiger partial charge in [0.1, 0.15) is 0 Å². The second-order valence-electron chi connectivity index (χ2n) is 3.28. The third-order valence-electron chi connectivity index (χ3n) is 2.15. The lowest BCUT2D eigenvalue weighted by atomic mass is 9.69. The Kier molecular flexibility index (Phi) is 9.56. The van der Waals surface area contributed by atoms with E-state index in [0.29, 0.717) is 7.28 Å². The first kappa shape index (κ1) is 10.8. The van der Waals surface area contributed by atoms with Crippen LogP contribution in [-0.4, -0.2) is 21.0 Å². The summed E-state index contributed by atoms with van der Waals surface area (Å²) in [4.78, 5) is 0. The molecule has 0 aliphatic heterocycles. The van der Waals surface area contributed by atoms with Gasteiger partial charge in [0.15, 0.2) is 0 Å². The molecule has 1 nitrogen and oxygen atoms in total. The molecule has 0 saturated carbocycles. The Morgan fingerprint density at radius 3 is 2.82 bits per heavy atom. The van der Waals surface area contributed by atoms with Crippen LogP contribution in [0.1, 0.15) is 19.3 Å². The fourth-order valence-corrected chi connectivity index (χ4v) is 1.40. The zero-order valence-corrected chi connectivity index (χ0v) is 7.94. The van der Waals surface area contributed by atoms with Crippen LogP contribution in [0.15, 0.2) is 12.7 Å². The maximum absolute atomic E-state index is 4.97. The molecular weight excluding hydrogens is 135 g/mol. The third-order valence-corrected chi connectivity index (χ3v) is 2.15. The lowest BCUT2D eigenvalue weighted by molar-refractivity contribution is 0.194. The minimum absolute atomic E-state index is 0.355. The second-order valence-corrected chi connectivity index (χ2v) is 3.28. The summed E-state index contributed by atoms with van der Waals surface area (Å²) in [6.45, 7) is 4.65. The van der Waals surface area contributed by atoms with Gasteiger partial charge in [0.2, 0.25) is 0 Å². The lowest BCUT2D eigenvalue weighted by Gasteiger charge is -2.02. The van der Waals surface area contributed by atoms with Crippen LogP contribution in [0.4, 0.5) is 0 Å². The number of hydrogen-bond acceptors (Lipinski definition) is 1. The molecule has 0 aliphatic rings. The van der Waals surface area contributed by atoms with Crippen molar-refractivity contribution in [3.8, 4) is 0 Å². The summed E-state index contributed by atoms with van der Waals surface area (Å²) in [7, 11) is 2.13. The van der Waals surface area contributed by atoms with Gasteiger partial charge >= 0.3 is 0 Å². The zero-order valence-electron chi connectivity index (χ0n) is 7.94. The Morgan fingerprint density at radius 2 is 2.18 bits per heavy atom. The molecule has 0 atom stereocenters. The number of allylic oxidation sites excluding steroid dienone is 1. The summed E-state index contributed by atoms with van der Waals surface area (Å²) >= 11 is 0. The molecule has 0 radical (unpaired) electrons. The monoisotopic (exact) mass is 155 g/mol. The molecule has 0 spiro atoms. The predicted molar refractivity (Wildman–Crippen MR) is 54.1 cm³/mol. The van der Waals surface area contributed by atoms with Gasteiger partial charge in [-0.3, -0.25) is 0 Å². The second kappa shape index (κ2) is 9.76. The van der Waals surface area contributed by atoms with E-state index in [9.17, 15) is 0 Å². The Labute approximate surface area is 71.1 Å². The highest BCUT2D eigenvalue weighted by Gasteiger charge is 1.84. The van der Waals surface area contributed by atoms with Gasteiger partial charge in [-0.1, -0.05) is 18.9 Å². The average molecular weight is 155 g/mol. The molecular formula is C9H20BO-. The van der Waals surface area contributed by atoms with Crippen molar-refractivity contribution in [3.63, 3.8) is 0 Å². The first-order valence-electron chi connectivity index (χ1n) is 4.93. The van der Waals surface area contributed by atoms with E-state index in [1.54, 1.807) is 7.11 Å². The van der Waals surface area contributed by atoms with Crippen molar-refractivity contribution in [3.05, 3.63) is 12.7 Å². The van der Waals surface area contributed by atoms with Crippen molar-refractivity contribution in [2.45, 2.75) is 31.9 Å². The van der Waals surface area contributed by atoms with Crippen molar-refractivity contribution in [1.82, 2.24) is 0 Å². The van der Waals surface area contributed by atoms with E-state index in [4.69, 9.17) is 4.74 Å². The molecule has 0 amide bonds. The molecule has 2 heteroatoms. The van der Waals surface area contributed by atoms with E-state index in [2.05, 4.69) is 6.58 Å². The summed E-state index contributed by atoms with van der Waals surface area (Å²) in [5.41, 5.74) is 0. The molecule has 0 saturated heterocycles. The van der Waals surface area contributed by atoms with Crippen LogP contribution in [0, 0.1) is 0 Å². The van der Waals surface area contributed by atoms with E-state index in [1.165, 1.54) is 31.9 Å². The topological polar surface area (TPSA) is 9.23 Å². The lowest BCUT2D eigenvalue weighted by Crippen LogP contribution is -1.92. The largest absolute Gasteiger partial charge is 0.385 e. The van der Waals surface area contributed by atoms with Gasteiger partial charge in [0.05, 0.1) is 0 Å². The summed E-state index contributed by atoms with van der Waals surface area (Å²) in [6, 6.07) is 0. The highest BCUT2D eigenvalue weighted by molar-refractivity contribution is 6.35. The fraction of sp³-hybridized carbons (Fsp3) is 0.778. The number of rotatable bonds is 8. The molecule has 0 aromatic carbocycles. The molecule has 11 heavy (non-hydrogen) atoms. The van der Waals surface area contributed by atoms with Gasteiger partial charge in [0, 0.05) is 13.7 Å². The number of ether oxygens (including phenoxy) is 1. The maximum atomic E-state index is 4.97. The Bertz CT molecular complexity index is 83.6. The normalized spacial score (nSPS) is 9.91. The fourth-order valence-electron chi connectivity index (χ4n) is 1.40. The maximum Gasteiger partial charge on any atom is 0.0461 e. The molecule has 0 N–H and O–H groups in total. The average Bonchev–Trinajstić information content (AvgIpc) is 2.03. The van der Waals surface area contributed by atoms with Crippen LogP contribution in [0.25, 0.3) is 0 Å². The molecule has 0 aliphatic carbocycles. The molecule has 0 aromatic heterocycles. The highest BCUT2D eigenvalue weighted by Crippen LogP contribution is 1.99. The van der Waals surface area contributed by atoms with Gasteiger partial charge in [-0.15, -0.1) is 6.58 Å². The molecule has 0 rings (SSSR count). The van der Waals surface area contributed by atoms with Crippen LogP contribution in [0.2, 0.25) is 12.6 Å². The standard InChI is InChI=1S/C9H20BO/c1-3-4-7-10-8-5-6-9-11-2/h3H,1,4-10H2,2H3/q-1. The zero-order chi connectivity index (χ0) is 8.36. The highest BCUT2D eigenvalue weighted by atomic mass is 16.5. The van der Waals surface area contributed by atoms with E-state index < -0.39 is 0 Å². The summed E-state index contributed by atoms with van der Waals surface area (Å²) in [5, 5.41) is 0. The van der Waals surface area contributed by atoms with Gasteiger partial charge in [0.25, 0.3) is 0 Å². The van der Waals surface area contributed by atoms with Gasteiger partial charge in [-0.2, -0.15) is 12.6 Å². The van der Waals surface area contributed by atoms with Crippen molar-refractivity contribution in [1.29, 1.82) is 0 Å². The molecule has 0 heterocycles. The summed E-state index contributed by atoms with van der Waals surface area (Å²) in [6.07, 6.45) is 8.76. The van der Waals surface area contributed by atoms with E-state index in [-0.39, 0.29) is 0 Å². The third kappa shape index (κ3) is 9.76. The van der Waals surface area contributed by atoms with Crippen LogP contribution in [-0.2, 0) is 4.74 Å².